The third kappa shape index (κ3) is 3.93. The number of benzene rings is 2. The van der Waals surface area contributed by atoms with Gasteiger partial charge < -0.3 is 5.32 Å². The van der Waals surface area contributed by atoms with Crippen molar-refractivity contribution in [1.29, 1.82) is 0 Å². The lowest BCUT2D eigenvalue weighted by atomic mass is 10.2. The minimum atomic E-state index is -3.37. The van der Waals surface area contributed by atoms with Crippen LogP contribution in [0.3, 0.4) is 0 Å². The summed E-state index contributed by atoms with van der Waals surface area (Å²) in [6, 6.07) is 10.4. The third-order valence-corrected chi connectivity index (χ3v) is 5.34. The van der Waals surface area contributed by atoms with E-state index in [4.69, 9.17) is 11.6 Å². The van der Waals surface area contributed by atoms with E-state index in [2.05, 4.69) is 5.32 Å². The molecule has 1 N–H and O–H groups in total. The smallest absolute Gasteiger partial charge is 0.260 e. The first-order chi connectivity index (χ1) is 11.8. The molecule has 1 saturated carbocycles. The standard InChI is InChI=1S/C17H16ClFN2O3S/c1-25(23,24)21(13-9-10-13)12-7-5-11(6-8-12)20-17(22)16-14(18)3-2-4-15(16)19/h2-8,13H,9-10H2,1H3,(H,20,22). The lowest BCUT2D eigenvalue weighted by molar-refractivity contribution is 0.102. The molecule has 1 fully saturated rings. The summed E-state index contributed by atoms with van der Waals surface area (Å²) in [5, 5.41) is 2.58. The molecule has 0 heterocycles. The largest absolute Gasteiger partial charge is 0.322 e. The first kappa shape index (κ1) is 17.7. The zero-order valence-electron chi connectivity index (χ0n) is 13.4. The number of halogens is 2. The van der Waals surface area contributed by atoms with Crippen LogP contribution in [0.4, 0.5) is 15.8 Å². The Morgan fingerprint density at radius 2 is 1.84 bits per heavy atom. The number of amides is 1. The zero-order valence-corrected chi connectivity index (χ0v) is 14.9. The van der Waals surface area contributed by atoms with E-state index in [1.54, 1.807) is 24.3 Å². The highest BCUT2D eigenvalue weighted by atomic mass is 35.5. The van der Waals surface area contributed by atoms with Gasteiger partial charge in [-0.15, -0.1) is 0 Å². The first-order valence-corrected chi connectivity index (χ1v) is 9.85. The minimum absolute atomic E-state index is 0.00679. The lowest BCUT2D eigenvalue weighted by Gasteiger charge is -2.22. The van der Waals surface area contributed by atoms with Crippen LogP contribution >= 0.6 is 11.6 Å². The van der Waals surface area contributed by atoms with Gasteiger partial charge in [-0.3, -0.25) is 9.10 Å². The number of anilines is 2. The van der Waals surface area contributed by atoms with Crippen molar-refractivity contribution >= 4 is 38.9 Å². The van der Waals surface area contributed by atoms with E-state index < -0.39 is 21.7 Å². The quantitative estimate of drug-likeness (QED) is 0.858. The summed E-state index contributed by atoms with van der Waals surface area (Å²) in [5.41, 5.74) is 0.716. The highest BCUT2D eigenvalue weighted by Gasteiger charge is 2.35. The second kappa shape index (κ2) is 6.65. The molecular formula is C17H16ClFN2O3S. The van der Waals surface area contributed by atoms with Crippen LogP contribution in [0.25, 0.3) is 0 Å². The SMILES string of the molecule is CS(=O)(=O)N(c1ccc(NC(=O)c2c(F)cccc2Cl)cc1)C1CC1. The molecule has 0 aromatic heterocycles. The summed E-state index contributed by atoms with van der Waals surface area (Å²) in [6.07, 6.45) is 2.83. The molecule has 0 bridgehead atoms. The Labute approximate surface area is 150 Å². The van der Waals surface area contributed by atoms with Crippen LogP contribution in [-0.2, 0) is 10.0 Å². The summed E-state index contributed by atoms with van der Waals surface area (Å²) in [6.45, 7) is 0. The summed E-state index contributed by atoms with van der Waals surface area (Å²) in [7, 11) is -3.37. The van der Waals surface area contributed by atoms with Gasteiger partial charge in [0.25, 0.3) is 5.91 Å². The number of carbonyl (C=O) groups excluding carboxylic acids is 1. The maximum atomic E-state index is 13.8. The summed E-state index contributed by atoms with van der Waals surface area (Å²) < 4.78 is 39.0. The predicted octanol–water partition coefficient (Wildman–Crippen LogP) is 3.66. The number of nitrogens with zero attached hydrogens (tertiary/aromatic N) is 1. The van der Waals surface area contributed by atoms with E-state index >= 15 is 0 Å². The summed E-state index contributed by atoms with van der Waals surface area (Å²) in [4.78, 5) is 12.2. The molecule has 0 aliphatic heterocycles. The van der Waals surface area contributed by atoms with Crippen molar-refractivity contribution in [2.75, 3.05) is 15.9 Å². The number of hydrogen-bond acceptors (Lipinski definition) is 3. The maximum absolute atomic E-state index is 13.8. The van der Waals surface area contributed by atoms with E-state index in [1.165, 1.54) is 22.7 Å². The number of nitrogens with one attached hydrogen (secondary N) is 1. The van der Waals surface area contributed by atoms with E-state index in [0.29, 0.717) is 11.4 Å². The van der Waals surface area contributed by atoms with Gasteiger partial charge >= 0.3 is 0 Å². The fourth-order valence-electron chi connectivity index (χ4n) is 2.58. The van der Waals surface area contributed by atoms with E-state index in [9.17, 15) is 17.6 Å². The molecule has 5 nitrogen and oxygen atoms in total. The fraction of sp³-hybridized carbons (Fsp3) is 0.235. The molecule has 0 unspecified atom stereocenters. The van der Waals surface area contributed by atoms with Crippen molar-refractivity contribution in [3.63, 3.8) is 0 Å². The number of hydrogen-bond donors (Lipinski definition) is 1. The van der Waals surface area contributed by atoms with Crippen molar-refractivity contribution in [2.24, 2.45) is 0 Å². The van der Waals surface area contributed by atoms with Crippen molar-refractivity contribution in [3.05, 3.63) is 58.9 Å². The Hall–Kier alpha value is -2.12. The Balaban J connectivity index is 1.80. The molecule has 0 spiro atoms. The Morgan fingerprint density at radius 3 is 2.36 bits per heavy atom. The van der Waals surface area contributed by atoms with Crippen LogP contribution in [0, 0.1) is 5.82 Å². The van der Waals surface area contributed by atoms with Crippen LogP contribution in [0.1, 0.15) is 23.2 Å². The van der Waals surface area contributed by atoms with Crippen molar-refractivity contribution in [3.8, 4) is 0 Å². The van der Waals surface area contributed by atoms with Gasteiger partial charge in [0.15, 0.2) is 0 Å². The van der Waals surface area contributed by atoms with Gasteiger partial charge in [-0.25, -0.2) is 12.8 Å². The molecule has 132 valence electrons. The minimum Gasteiger partial charge on any atom is -0.322 e. The Kier molecular flexibility index (Phi) is 4.71. The molecule has 2 aromatic carbocycles. The van der Waals surface area contributed by atoms with Crippen molar-refractivity contribution in [2.45, 2.75) is 18.9 Å². The van der Waals surface area contributed by atoms with Crippen molar-refractivity contribution < 1.29 is 17.6 Å². The summed E-state index contributed by atoms with van der Waals surface area (Å²) in [5.74, 6) is -1.38. The highest BCUT2D eigenvalue weighted by Crippen LogP contribution is 2.34. The van der Waals surface area contributed by atoms with Gasteiger partial charge in [0.2, 0.25) is 10.0 Å². The topological polar surface area (TPSA) is 66.5 Å². The molecule has 2 aromatic rings. The molecule has 0 saturated heterocycles. The van der Waals surface area contributed by atoms with Crippen molar-refractivity contribution in [1.82, 2.24) is 0 Å². The number of sulfonamides is 1. The molecule has 1 aliphatic carbocycles. The zero-order chi connectivity index (χ0) is 18.2. The molecule has 8 heteroatoms. The van der Waals surface area contributed by atoms with Crippen LogP contribution < -0.4 is 9.62 Å². The Bertz CT molecular complexity index is 892. The monoisotopic (exact) mass is 382 g/mol. The highest BCUT2D eigenvalue weighted by molar-refractivity contribution is 7.92. The van der Waals surface area contributed by atoms with E-state index in [-0.39, 0.29) is 16.6 Å². The van der Waals surface area contributed by atoms with Crippen LogP contribution in [0.5, 0.6) is 0 Å². The van der Waals surface area contributed by atoms with Gasteiger partial charge in [0.1, 0.15) is 5.82 Å². The molecule has 0 radical (unpaired) electrons. The van der Waals surface area contributed by atoms with Gasteiger partial charge in [0.05, 0.1) is 22.5 Å². The van der Waals surface area contributed by atoms with Crippen LogP contribution in [0.2, 0.25) is 5.02 Å². The van der Waals surface area contributed by atoms with Gasteiger partial charge in [-0.05, 0) is 49.2 Å². The van der Waals surface area contributed by atoms with Crippen LogP contribution in [0.15, 0.2) is 42.5 Å². The van der Waals surface area contributed by atoms with E-state index in [0.717, 1.165) is 18.9 Å². The van der Waals surface area contributed by atoms with Gasteiger partial charge in [-0.2, -0.15) is 0 Å². The average Bonchev–Trinajstić information content (AvgIpc) is 3.32. The van der Waals surface area contributed by atoms with Gasteiger partial charge in [0, 0.05) is 11.7 Å². The maximum Gasteiger partial charge on any atom is 0.260 e. The Morgan fingerprint density at radius 1 is 1.20 bits per heavy atom. The summed E-state index contributed by atoms with van der Waals surface area (Å²) >= 11 is 5.88. The molecule has 25 heavy (non-hydrogen) atoms. The molecule has 3 rings (SSSR count). The average molecular weight is 383 g/mol. The fourth-order valence-corrected chi connectivity index (χ4v) is 4.09. The normalized spacial score (nSPS) is 14.2. The molecule has 0 atom stereocenters. The second-order valence-electron chi connectivity index (χ2n) is 5.89. The number of rotatable bonds is 5. The lowest BCUT2D eigenvalue weighted by Crippen LogP contribution is -2.31. The second-order valence-corrected chi connectivity index (χ2v) is 8.15. The number of carbonyl (C=O) groups is 1. The van der Waals surface area contributed by atoms with Crippen LogP contribution in [-0.4, -0.2) is 26.6 Å². The third-order valence-electron chi connectivity index (χ3n) is 3.81. The first-order valence-electron chi connectivity index (χ1n) is 7.62. The van der Waals surface area contributed by atoms with Gasteiger partial charge in [-0.1, -0.05) is 17.7 Å². The molecule has 1 amide bonds. The predicted molar refractivity (Wildman–Crippen MR) is 96.2 cm³/mol. The molecule has 1 aliphatic rings. The van der Waals surface area contributed by atoms with E-state index in [1.807, 2.05) is 0 Å². The molecular weight excluding hydrogens is 367 g/mol.